The van der Waals surface area contributed by atoms with Crippen molar-refractivity contribution < 1.29 is 33.3 Å². The molecule has 4 aromatic rings. The van der Waals surface area contributed by atoms with Gasteiger partial charge in [-0.15, -0.1) is 0 Å². The van der Waals surface area contributed by atoms with Gasteiger partial charge in [0.1, 0.15) is 17.2 Å². The number of esters is 1. The van der Waals surface area contributed by atoms with Gasteiger partial charge in [0.25, 0.3) is 5.91 Å². The third-order valence-electron chi connectivity index (χ3n) is 5.47. The van der Waals surface area contributed by atoms with Gasteiger partial charge in [0.05, 0.1) is 13.5 Å². The highest BCUT2D eigenvalue weighted by atomic mass is 16.5. The monoisotopic (exact) mass is 540 g/mol. The summed E-state index contributed by atoms with van der Waals surface area (Å²) in [6.45, 7) is -0.462. The number of ether oxygens (including phenoxy) is 4. The van der Waals surface area contributed by atoms with Crippen molar-refractivity contribution in [3.8, 4) is 28.7 Å². The maximum absolute atomic E-state index is 12.2. The van der Waals surface area contributed by atoms with Crippen LogP contribution in [0.3, 0.4) is 0 Å². The number of carbonyl (C=O) groups excluding carboxylic acids is 3. The topological polar surface area (TPSA) is 112 Å². The van der Waals surface area contributed by atoms with Gasteiger partial charge in [0.15, 0.2) is 18.1 Å². The number of hydrogen-bond donors (Lipinski definition) is 2. The SMILES string of the molecule is COc1ccccc1Oc1ccc(NC(=O)CCC(=O)OCC(=O)Nc2ccc(Oc3ccccc3)cc2)cc1. The van der Waals surface area contributed by atoms with Crippen LogP contribution in [0, 0.1) is 0 Å². The van der Waals surface area contributed by atoms with E-state index in [4.69, 9.17) is 18.9 Å². The highest BCUT2D eigenvalue weighted by molar-refractivity contribution is 5.94. The molecule has 9 nitrogen and oxygen atoms in total. The first-order valence-corrected chi connectivity index (χ1v) is 12.5. The first-order valence-electron chi connectivity index (χ1n) is 12.5. The van der Waals surface area contributed by atoms with Crippen LogP contribution in [0.15, 0.2) is 103 Å². The Morgan fingerprint density at radius 2 is 1.10 bits per heavy atom. The van der Waals surface area contributed by atoms with Gasteiger partial charge in [-0.05, 0) is 72.8 Å². The number of anilines is 2. The fourth-order valence-corrected chi connectivity index (χ4v) is 3.52. The first kappa shape index (κ1) is 27.7. The second-order valence-corrected chi connectivity index (χ2v) is 8.47. The van der Waals surface area contributed by atoms with Crippen molar-refractivity contribution in [2.24, 2.45) is 0 Å². The Morgan fingerprint density at radius 1 is 0.575 bits per heavy atom. The van der Waals surface area contributed by atoms with E-state index in [-0.39, 0.29) is 18.7 Å². The average molecular weight is 541 g/mol. The standard InChI is InChI=1S/C31H28N2O7/c1-37-27-9-5-6-10-28(27)40-26-17-13-22(14-18-26)32-29(34)19-20-31(36)38-21-30(35)33-23-11-15-25(16-12-23)39-24-7-3-2-4-8-24/h2-18H,19-21H2,1H3,(H,32,34)(H,33,35). The maximum atomic E-state index is 12.2. The molecule has 9 heteroatoms. The Morgan fingerprint density at radius 3 is 1.73 bits per heavy atom. The molecule has 2 amide bonds. The zero-order valence-corrected chi connectivity index (χ0v) is 21.8. The lowest BCUT2D eigenvalue weighted by Gasteiger charge is -2.11. The summed E-state index contributed by atoms with van der Waals surface area (Å²) in [4.78, 5) is 36.4. The lowest BCUT2D eigenvalue weighted by molar-refractivity contribution is -0.147. The molecule has 0 fully saturated rings. The fraction of sp³-hybridized carbons (Fsp3) is 0.129. The van der Waals surface area contributed by atoms with E-state index in [1.165, 1.54) is 0 Å². The average Bonchev–Trinajstić information content (AvgIpc) is 2.98. The minimum absolute atomic E-state index is 0.0944. The van der Waals surface area contributed by atoms with Crippen LogP contribution < -0.4 is 24.8 Å². The van der Waals surface area contributed by atoms with E-state index in [1.807, 2.05) is 42.5 Å². The Bertz CT molecular complexity index is 1420. The van der Waals surface area contributed by atoms with Gasteiger partial charge in [-0.1, -0.05) is 30.3 Å². The molecule has 0 aliphatic rings. The van der Waals surface area contributed by atoms with Crippen LogP contribution in [0.4, 0.5) is 11.4 Å². The predicted molar refractivity (Wildman–Crippen MR) is 150 cm³/mol. The second-order valence-electron chi connectivity index (χ2n) is 8.47. The maximum Gasteiger partial charge on any atom is 0.306 e. The number of nitrogens with one attached hydrogen (secondary N) is 2. The van der Waals surface area contributed by atoms with E-state index in [0.29, 0.717) is 40.1 Å². The van der Waals surface area contributed by atoms with Crippen LogP contribution in [0.1, 0.15) is 12.8 Å². The van der Waals surface area contributed by atoms with Gasteiger partial charge in [-0.3, -0.25) is 14.4 Å². The summed E-state index contributed by atoms with van der Waals surface area (Å²) >= 11 is 0. The van der Waals surface area contributed by atoms with Crippen molar-refractivity contribution in [1.29, 1.82) is 0 Å². The smallest absolute Gasteiger partial charge is 0.306 e. The Balaban J connectivity index is 1.14. The third kappa shape index (κ3) is 8.63. The summed E-state index contributed by atoms with van der Waals surface area (Å²) in [5.41, 5.74) is 1.07. The summed E-state index contributed by atoms with van der Waals surface area (Å²) in [7, 11) is 1.56. The summed E-state index contributed by atoms with van der Waals surface area (Å²) < 4.78 is 21.8. The summed E-state index contributed by atoms with van der Waals surface area (Å²) in [6.07, 6.45) is -0.261. The Kier molecular flexibility index (Phi) is 9.71. The first-order chi connectivity index (χ1) is 19.5. The number of amides is 2. The van der Waals surface area contributed by atoms with Gasteiger partial charge in [0, 0.05) is 17.8 Å². The van der Waals surface area contributed by atoms with E-state index >= 15 is 0 Å². The lowest BCUT2D eigenvalue weighted by atomic mass is 10.2. The van der Waals surface area contributed by atoms with Crippen molar-refractivity contribution in [2.75, 3.05) is 24.4 Å². The van der Waals surface area contributed by atoms with Crippen LogP contribution in [-0.4, -0.2) is 31.5 Å². The molecule has 40 heavy (non-hydrogen) atoms. The lowest BCUT2D eigenvalue weighted by Crippen LogP contribution is -2.21. The molecule has 204 valence electrons. The molecule has 0 aromatic heterocycles. The molecule has 2 N–H and O–H groups in total. The van der Waals surface area contributed by atoms with Crippen molar-refractivity contribution in [3.63, 3.8) is 0 Å². The van der Waals surface area contributed by atoms with Crippen molar-refractivity contribution in [3.05, 3.63) is 103 Å². The molecule has 4 rings (SSSR count). The van der Waals surface area contributed by atoms with Crippen molar-refractivity contribution in [2.45, 2.75) is 12.8 Å². The van der Waals surface area contributed by atoms with Crippen LogP contribution in [0.25, 0.3) is 0 Å². The van der Waals surface area contributed by atoms with Gasteiger partial charge in [-0.25, -0.2) is 0 Å². The van der Waals surface area contributed by atoms with Crippen LogP contribution in [-0.2, 0) is 19.1 Å². The molecule has 0 heterocycles. The van der Waals surface area contributed by atoms with Crippen LogP contribution >= 0.6 is 0 Å². The number of carbonyl (C=O) groups is 3. The molecular weight excluding hydrogens is 512 g/mol. The molecule has 0 unspecified atom stereocenters. The molecule has 0 saturated heterocycles. The predicted octanol–water partition coefficient (Wildman–Crippen LogP) is 6.18. The van der Waals surface area contributed by atoms with E-state index < -0.39 is 18.5 Å². The molecule has 0 atom stereocenters. The zero-order valence-electron chi connectivity index (χ0n) is 21.8. The van der Waals surface area contributed by atoms with Gasteiger partial charge < -0.3 is 29.6 Å². The number of methoxy groups -OCH3 is 1. The van der Waals surface area contributed by atoms with E-state index in [2.05, 4.69) is 10.6 Å². The van der Waals surface area contributed by atoms with E-state index in [9.17, 15) is 14.4 Å². The van der Waals surface area contributed by atoms with E-state index in [1.54, 1.807) is 67.8 Å². The van der Waals surface area contributed by atoms with Crippen LogP contribution in [0.5, 0.6) is 28.7 Å². The molecule has 0 aliphatic carbocycles. The molecular formula is C31H28N2O7. The quantitative estimate of drug-likeness (QED) is 0.206. The second kappa shape index (κ2) is 14.0. The highest BCUT2D eigenvalue weighted by Gasteiger charge is 2.12. The van der Waals surface area contributed by atoms with Crippen molar-refractivity contribution in [1.82, 2.24) is 0 Å². The highest BCUT2D eigenvalue weighted by Crippen LogP contribution is 2.31. The minimum atomic E-state index is -0.655. The molecule has 0 aliphatic heterocycles. The number of para-hydroxylation sites is 3. The largest absolute Gasteiger partial charge is 0.493 e. The summed E-state index contributed by atoms with van der Waals surface area (Å²) in [5.74, 6) is 1.55. The molecule has 0 bridgehead atoms. The Labute approximate surface area is 231 Å². The molecule has 0 saturated carbocycles. The molecule has 0 spiro atoms. The van der Waals surface area contributed by atoms with Gasteiger partial charge in [-0.2, -0.15) is 0 Å². The van der Waals surface area contributed by atoms with E-state index in [0.717, 1.165) is 0 Å². The van der Waals surface area contributed by atoms with Crippen molar-refractivity contribution >= 4 is 29.2 Å². The van der Waals surface area contributed by atoms with Crippen LogP contribution in [0.2, 0.25) is 0 Å². The van der Waals surface area contributed by atoms with Gasteiger partial charge >= 0.3 is 5.97 Å². The normalized spacial score (nSPS) is 10.2. The molecule has 0 radical (unpaired) electrons. The number of hydrogen-bond acceptors (Lipinski definition) is 7. The molecule has 4 aromatic carbocycles. The fourth-order valence-electron chi connectivity index (χ4n) is 3.52. The summed E-state index contributed by atoms with van der Waals surface area (Å²) in [6, 6.07) is 30.2. The zero-order chi connectivity index (χ0) is 28.2. The Hall–Kier alpha value is -5.31. The number of rotatable bonds is 12. The summed E-state index contributed by atoms with van der Waals surface area (Å²) in [5, 5.41) is 5.36. The minimum Gasteiger partial charge on any atom is -0.493 e. The number of benzene rings is 4. The third-order valence-corrected chi connectivity index (χ3v) is 5.47. The van der Waals surface area contributed by atoms with Gasteiger partial charge in [0.2, 0.25) is 5.91 Å².